The van der Waals surface area contributed by atoms with Crippen molar-refractivity contribution in [2.75, 3.05) is 0 Å². The van der Waals surface area contributed by atoms with Gasteiger partial charge in [-0.1, -0.05) is 55.5 Å². The molecule has 1 aromatic heterocycles. The molecular weight excluding hydrogens is 258 g/mol. The van der Waals surface area contributed by atoms with Crippen molar-refractivity contribution in [3.8, 4) is 0 Å². The third kappa shape index (κ3) is 2.96. The lowest BCUT2D eigenvalue weighted by atomic mass is 9.90. The fourth-order valence-corrected chi connectivity index (χ4v) is 2.77. The maximum absolute atomic E-state index is 10.5. The van der Waals surface area contributed by atoms with Gasteiger partial charge in [-0.15, -0.1) is 0 Å². The van der Waals surface area contributed by atoms with Crippen LogP contribution in [0.25, 0.3) is 10.9 Å². The molecule has 106 valence electrons. The molecule has 3 aromatic rings. The van der Waals surface area contributed by atoms with Crippen LogP contribution in [0.5, 0.6) is 0 Å². The van der Waals surface area contributed by atoms with Gasteiger partial charge in [-0.2, -0.15) is 0 Å². The van der Waals surface area contributed by atoms with E-state index in [1.165, 1.54) is 10.9 Å². The van der Waals surface area contributed by atoms with Crippen LogP contribution in [-0.2, 0) is 6.42 Å². The molecule has 0 fully saturated rings. The summed E-state index contributed by atoms with van der Waals surface area (Å²) in [6.45, 7) is 2.09. The predicted molar refractivity (Wildman–Crippen MR) is 86.0 cm³/mol. The van der Waals surface area contributed by atoms with Crippen molar-refractivity contribution in [3.05, 3.63) is 78.0 Å². The Labute approximate surface area is 125 Å². The third-order valence-electron chi connectivity index (χ3n) is 3.96. The van der Waals surface area contributed by atoms with Crippen molar-refractivity contribution in [3.63, 3.8) is 0 Å². The number of hydrogen-bond acceptors (Lipinski definition) is 2. The number of aromatic nitrogens is 1. The van der Waals surface area contributed by atoms with Crippen LogP contribution in [0.15, 0.2) is 66.9 Å². The quantitative estimate of drug-likeness (QED) is 0.777. The molecule has 2 heteroatoms. The Balaban J connectivity index is 1.85. The van der Waals surface area contributed by atoms with E-state index >= 15 is 0 Å². The van der Waals surface area contributed by atoms with Gasteiger partial charge in [0.05, 0.1) is 11.6 Å². The Morgan fingerprint density at radius 3 is 2.48 bits per heavy atom. The topological polar surface area (TPSA) is 33.1 Å². The van der Waals surface area contributed by atoms with Crippen LogP contribution in [-0.4, -0.2) is 10.1 Å². The van der Waals surface area contributed by atoms with E-state index in [9.17, 15) is 5.11 Å². The van der Waals surface area contributed by atoms with E-state index in [2.05, 4.69) is 24.0 Å². The van der Waals surface area contributed by atoms with Gasteiger partial charge in [-0.25, -0.2) is 0 Å². The van der Waals surface area contributed by atoms with Gasteiger partial charge in [0.15, 0.2) is 0 Å². The second-order valence-electron chi connectivity index (χ2n) is 5.52. The number of pyridine rings is 1. The van der Waals surface area contributed by atoms with Gasteiger partial charge in [0.2, 0.25) is 0 Å². The molecule has 0 aliphatic carbocycles. The first-order valence-corrected chi connectivity index (χ1v) is 7.31. The monoisotopic (exact) mass is 277 g/mol. The van der Waals surface area contributed by atoms with E-state index < -0.39 is 6.10 Å². The molecule has 3 rings (SSSR count). The normalized spacial score (nSPS) is 14.0. The summed E-state index contributed by atoms with van der Waals surface area (Å²) in [7, 11) is 0. The first-order valence-electron chi connectivity index (χ1n) is 7.31. The number of fused-ring (bicyclic) bond motifs is 1. The van der Waals surface area contributed by atoms with Gasteiger partial charge in [-0.3, -0.25) is 4.98 Å². The average molecular weight is 277 g/mol. The Hall–Kier alpha value is -2.19. The summed E-state index contributed by atoms with van der Waals surface area (Å²) in [5.74, 6) is 0.151. The molecule has 2 nitrogen and oxygen atoms in total. The van der Waals surface area contributed by atoms with Crippen molar-refractivity contribution in [1.82, 2.24) is 4.98 Å². The van der Waals surface area contributed by atoms with Crippen LogP contribution >= 0.6 is 0 Å². The number of rotatable bonds is 4. The van der Waals surface area contributed by atoms with Crippen LogP contribution in [0.1, 0.15) is 24.2 Å². The summed E-state index contributed by atoms with van der Waals surface area (Å²) in [4.78, 5) is 4.39. The predicted octanol–water partition coefficient (Wildman–Crippen LogP) is 4.15. The van der Waals surface area contributed by atoms with Crippen LogP contribution in [0.3, 0.4) is 0 Å². The first kappa shape index (κ1) is 13.8. The largest absolute Gasteiger partial charge is 0.388 e. The Morgan fingerprint density at radius 2 is 1.67 bits per heavy atom. The molecule has 21 heavy (non-hydrogen) atoms. The number of para-hydroxylation sites is 1. The maximum atomic E-state index is 10.5. The number of aliphatic hydroxyl groups is 1. The number of aliphatic hydroxyl groups excluding tert-OH is 1. The lowest BCUT2D eigenvalue weighted by Gasteiger charge is -2.20. The summed E-state index contributed by atoms with van der Waals surface area (Å²) in [5.41, 5.74) is 3.22. The van der Waals surface area contributed by atoms with E-state index in [1.54, 1.807) is 0 Å². The molecule has 2 atom stereocenters. The Bertz CT molecular complexity index is 718. The molecule has 0 bridgehead atoms. The molecule has 1 heterocycles. The lowest BCUT2D eigenvalue weighted by molar-refractivity contribution is 0.118. The number of hydrogen-bond donors (Lipinski definition) is 1. The zero-order valence-corrected chi connectivity index (χ0v) is 12.1. The molecule has 0 spiro atoms. The number of benzene rings is 2. The summed E-state index contributed by atoms with van der Waals surface area (Å²) in [6.07, 6.45) is 2.23. The van der Waals surface area contributed by atoms with Crippen LogP contribution in [0, 0.1) is 5.92 Å². The minimum Gasteiger partial charge on any atom is -0.388 e. The van der Waals surface area contributed by atoms with Crippen LogP contribution in [0.4, 0.5) is 0 Å². The van der Waals surface area contributed by atoms with E-state index in [0.29, 0.717) is 0 Å². The molecule has 0 aliphatic heterocycles. The first-order chi connectivity index (χ1) is 10.3. The summed E-state index contributed by atoms with van der Waals surface area (Å²) in [6, 6.07) is 20.1. The van der Waals surface area contributed by atoms with Crippen molar-refractivity contribution in [2.45, 2.75) is 19.4 Å². The Morgan fingerprint density at radius 1 is 0.952 bits per heavy atom. The number of nitrogens with zero attached hydrogens (tertiary/aromatic N) is 1. The summed E-state index contributed by atoms with van der Waals surface area (Å²) in [5, 5.41) is 11.7. The molecule has 2 unspecified atom stereocenters. The van der Waals surface area contributed by atoms with Gasteiger partial charge >= 0.3 is 0 Å². The zero-order valence-electron chi connectivity index (χ0n) is 12.1. The SMILES string of the molecule is CC(Cc1ccnc2ccccc12)C(O)c1ccccc1. The second kappa shape index (κ2) is 6.06. The molecule has 0 saturated heterocycles. The average Bonchev–Trinajstić information content (AvgIpc) is 2.55. The van der Waals surface area contributed by atoms with Gasteiger partial charge in [0.25, 0.3) is 0 Å². The minimum atomic E-state index is -0.446. The summed E-state index contributed by atoms with van der Waals surface area (Å²) < 4.78 is 0. The van der Waals surface area contributed by atoms with Crippen molar-refractivity contribution >= 4 is 10.9 Å². The van der Waals surface area contributed by atoms with Gasteiger partial charge in [0.1, 0.15) is 0 Å². The van der Waals surface area contributed by atoms with Crippen LogP contribution < -0.4 is 0 Å². The highest BCUT2D eigenvalue weighted by Crippen LogP contribution is 2.27. The minimum absolute atomic E-state index is 0.151. The Kier molecular flexibility index (Phi) is 3.98. The lowest BCUT2D eigenvalue weighted by Crippen LogP contribution is -2.12. The van der Waals surface area contributed by atoms with E-state index in [1.807, 2.05) is 54.7 Å². The zero-order chi connectivity index (χ0) is 14.7. The van der Waals surface area contributed by atoms with Gasteiger partial charge < -0.3 is 5.11 Å². The highest BCUT2D eigenvalue weighted by Gasteiger charge is 2.17. The third-order valence-corrected chi connectivity index (χ3v) is 3.96. The second-order valence-corrected chi connectivity index (χ2v) is 5.52. The summed E-state index contributed by atoms with van der Waals surface area (Å²) >= 11 is 0. The molecule has 0 amide bonds. The molecule has 0 aliphatic rings. The maximum Gasteiger partial charge on any atom is 0.0818 e. The van der Waals surface area contributed by atoms with Crippen molar-refractivity contribution < 1.29 is 5.11 Å². The van der Waals surface area contributed by atoms with E-state index in [-0.39, 0.29) is 5.92 Å². The fraction of sp³-hybridized carbons (Fsp3) is 0.211. The van der Waals surface area contributed by atoms with Gasteiger partial charge in [0, 0.05) is 11.6 Å². The molecule has 1 N–H and O–H groups in total. The van der Waals surface area contributed by atoms with E-state index in [4.69, 9.17) is 0 Å². The highest BCUT2D eigenvalue weighted by molar-refractivity contribution is 5.81. The molecule has 0 radical (unpaired) electrons. The highest BCUT2D eigenvalue weighted by atomic mass is 16.3. The van der Waals surface area contributed by atoms with Gasteiger partial charge in [-0.05, 0) is 35.6 Å². The van der Waals surface area contributed by atoms with Crippen molar-refractivity contribution in [2.24, 2.45) is 5.92 Å². The van der Waals surface area contributed by atoms with Crippen molar-refractivity contribution in [1.29, 1.82) is 0 Å². The smallest absolute Gasteiger partial charge is 0.0818 e. The molecule has 2 aromatic carbocycles. The van der Waals surface area contributed by atoms with Crippen LogP contribution in [0.2, 0.25) is 0 Å². The fourth-order valence-electron chi connectivity index (χ4n) is 2.77. The molecular formula is C19H19NO. The standard InChI is InChI=1S/C19H19NO/c1-14(19(21)15-7-3-2-4-8-15)13-16-11-12-20-18-10-6-5-9-17(16)18/h2-12,14,19,21H,13H2,1H3. The molecule has 0 saturated carbocycles. The van der Waals surface area contributed by atoms with E-state index in [0.717, 1.165) is 17.5 Å².